The summed E-state index contributed by atoms with van der Waals surface area (Å²) < 4.78 is 11.2. The van der Waals surface area contributed by atoms with Crippen molar-refractivity contribution in [1.82, 2.24) is 14.5 Å². The first kappa shape index (κ1) is 40.1. The molecule has 0 aliphatic rings. The van der Waals surface area contributed by atoms with Crippen molar-refractivity contribution < 1.29 is 6.48 Å². The van der Waals surface area contributed by atoms with Crippen LogP contribution in [0.1, 0.15) is 79.3 Å². The lowest BCUT2D eigenvalue weighted by Gasteiger charge is -2.22. The maximum atomic E-state index is 11.5. The monoisotopic (exact) mass is 822 g/mol. The van der Waals surface area contributed by atoms with Gasteiger partial charge in [-0.2, -0.15) is 0 Å². The van der Waals surface area contributed by atoms with Crippen LogP contribution in [0.25, 0.3) is 83.9 Å². The van der Waals surface area contributed by atoms with Crippen molar-refractivity contribution in [2.45, 2.75) is 72.1 Å². The molecule has 0 aliphatic carbocycles. The van der Waals surface area contributed by atoms with E-state index >= 15 is 0 Å². The van der Waals surface area contributed by atoms with E-state index in [1.54, 1.807) is 6.07 Å². The minimum absolute atomic E-state index is 0.000544. The van der Waals surface area contributed by atoms with E-state index in [9.17, 15) is 5.11 Å². The molecule has 2 aromatic heterocycles. The fourth-order valence-electron chi connectivity index (χ4n) is 8.46. The van der Waals surface area contributed by atoms with Crippen molar-refractivity contribution >= 4 is 11.0 Å². The lowest BCUT2D eigenvalue weighted by molar-refractivity contribution is 0.477. The highest BCUT2D eigenvalue weighted by Gasteiger charge is 2.24. The van der Waals surface area contributed by atoms with Crippen molar-refractivity contribution in [3.63, 3.8) is 0 Å². The predicted molar refractivity (Wildman–Crippen MR) is 265 cm³/mol. The van der Waals surface area contributed by atoms with Crippen molar-refractivity contribution in [3.8, 4) is 78.6 Å². The highest BCUT2D eigenvalue weighted by Crippen LogP contribution is 2.42. The summed E-state index contributed by atoms with van der Waals surface area (Å²) >= 11 is 0. The zero-order valence-electron chi connectivity index (χ0n) is 38.5. The Hall–Kier alpha value is -7.04. The molecule has 0 spiro atoms. The van der Waals surface area contributed by atoms with E-state index < -0.39 is 5.89 Å². The zero-order chi connectivity index (χ0) is 45.0. The summed E-state index contributed by atoms with van der Waals surface area (Å²) in [4.78, 5) is 10.4. The molecule has 0 unspecified atom stereocenters. The van der Waals surface area contributed by atoms with E-state index in [0.29, 0.717) is 11.4 Å². The van der Waals surface area contributed by atoms with Crippen LogP contribution in [0.15, 0.2) is 176 Å². The lowest BCUT2D eigenvalue weighted by Crippen LogP contribution is -2.11. The van der Waals surface area contributed by atoms with Crippen LogP contribution < -0.4 is 0 Å². The molecule has 0 atom stereocenters. The molecule has 0 radical (unpaired) electrons. The Kier molecular flexibility index (Phi) is 10.4. The third kappa shape index (κ3) is 8.22. The maximum absolute atomic E-state index is 11.5. The second kappa shape index (κ2) is 16.3. The molecule has 9 rings (SSSR count). The minimum Gasteiger partial charge on any atom is -0.507 e. The molecule has 63 heavy (non-hydrogen) atoms. The van der Waals surface area contributed by atoms with E-state index in [-0.39, 0.29) is 16.6 Å². The first-order chi connectivity index (χ1) is 30.5. The van der Waals surface area contributed by atoms with E-state index in [1.807, 2.05) is 44.3 Å². The van der Waals surface area contributed by atoms with Gasteiger partial charge in [0.05, 0.1) is 28.0 Å². The summed E-state index contributed by atoms with van der Waals surface area (Å²) in [5.41, 5.74) is 17.0. The Morgan fingerprint density at radius 2 is 1.13 bits per heavy atom. The summed E-state index contributed by atoms with van der Waals surface area (Å²) in [5.74, 6) is -0.0374. The van der Waals surface area contributed by atoms with E-state index in [4.69, 9.17) is 11.3 Å². The summed E-state index contributed by atoms with van der Waals surface area (Å²) in [6.07, 6.45) is 1.90. The molecule has 0 saturated carbocycles. The van der Waals surface area contributed by atoms with Gasteiger partial charge in [-0.1, -0.05) is 171 Å². The van der Waals surface area contributed by atoms with Crippen LogP contribution >= 0.6 is 0 Å². The van der Waals surface area contributed by atoms with Crippen LogP contribution in [0, 0.1) is 0 Å². The number of fused-ring (bicyclic) bond motifs is 1. The molecule has 2 heterocycles. The lowest BCUT2D eigenvalue weighted by atomic mass is 9.83. The summed E-state index contributed by atoms with van der Waals surface area (Å²) in [5, 5.41) is 11.5. The molecule has 0 fully saturated rings. The number of aromatic nitrogens is 3. The highest BCUT2D eigenvalue weighted by molar-refractivity contribution is 5.97. The number of rotatable bonds is 8. The Balaban J connectivity index is 1.23. The Labute approximate surface area is 374 Å². The number of phenolic OH excluding ortho intramolecular Hbond substituents is 1. The topological polar surface area (TPSA) is 50.9 Å². The number of para-hydroxylation sites is 2. The van der Waals surface area contributed by atoms with Crippen LogP contribution in [-0.4, -0.2) is 19.6 Å². The molecular formula is C59H55N3O. The van der Waals surface area contributed by atoms with Gasteiger partial charge in [0.2, 0.25) is 0 Å². The van der Waals surface area contributed by atoms with Gasteiger partial charge in [-0.15, -0.1) is 0 Å². The average Bonchev–Trinajstić information content (AvgIpc) is 3.68. The molecule has 0 bridgehead atoms. The maximum Gasteiger partial charge on any atom is 0.149 e. The molecule has 7 aromatic carbocycles. The minimum atomic E-state index is -0.819. The van der Waals surface area contributed by atoms with Crippen LogP contribution in [0.3, 0.4) is 0 Å². The van der Waals surface area contributed by atoms with Crippen LogP contribution in [0.2, 0.25) is 0 Å². The summed E-state index contributed by atoms with van der Waals surface area (Å²) in [6, 6.07) is 59.2. The molecule has 9 aromatic rings. The largest absolute Gasteiger partial charge is 0.507 e. The number of nitrogens with zero attached hydrogens (tertiary/aromatic N) is 3. The van der Waals surface area contributed by atoms with Gasteiger partial charge in [0.1, 0.15) is 11.6 Å². The number of pyridine rings is 1. The second-order valence-electron chi connectivity index (χ2n) is 18.9. The predicted octanol–water partition coefficient (Wildman–Crippen LogP) is 15.8. The van der Waals surface area contributed by atoms with Gasteiger partial charge in [-0.25, -0.2) is 4.98 Å². The average molecular weight is 823 g/mol. The van der Waals surface area contributed by atoms with Gasteiger partial charge >= 0.3 is 0 Å². The van der Waals surface area contributed by atoms with Crippen LogP contribution in [-0.2, 0) is 10.8 Å². The number of aromatic hydroxyl groups is 1. The highest BCUT2D eigenvalue weighted by atomic mass is 16.3. The zero-order valence-corrected chi connectivity index (χ0v) is 37.5. The molecule has 4 heteroatoms. The van der Waals surface area contributed by atoms with Crippen molar-refractivity contribution in [2.75, 3.05) is 0 Å². The van der Waals surface area contributed by atoms with Crippen molar-refractivity contribution in [3.05, 3.63) is 193 Å². The van der Waals surface area contributed by atoms with E-state index in [0.717, 1.165) is 66.9 Å². The van der Waals surface area contributed by atoms with Gasteiger partial charge in [-0.05, 0) is 121 Å². The van der Waals surface area contributed by atoms with Crippen LogP contribution in [0.5, 0.6) is 5.75 Å². The molecule has 0 saturated heterocycles. The Bertz CT molecular complexity index is 3140. The number of imidazole rings is 1. The normalized spacial score (nSPS) is 12.4. The molecule has 1 N–H and O–H groups in total. The third-order valence-corrected chi connectivity index (χ3v) is 12.2. The molecule has 4 nitrogen and oxygen atoms in total. The van der Waals surface area contributed by atoms with Gasteiger partial charge in [0, 0.05) is 24.3 Å². The van der Waals surface area contributed by atoms with Crippen molar-refractivity contribution in [2.24, 2.45) is 0 Å². The van der Waals surface area contributed by atoms with Crippen LogP contribution in [0.4, 0.5) is 0 Å². The number of benzene rings is 7. The Morgan fingerprint density at radius 3 is 1.81 bits per heavy atom. The third-order valence-electron chi connectivity index (χ3n) is 12.2. The van der Waals surface area contributed by atoms with Gasteiger partial charge in [0.15, 0.2) is 0 Å². The Morgan fingerprint density at radius 1 is 0.508 bits per heavy atom. The van der Waals surface area contributed by atoms with Gasteiger partial charge in [-0.3, -0.25) is 9.55 Å². The number of phenols is 1. The molecule has 0 amide bonds. The number of hydrogen-bond donors (Lipinski definition) is 1. The van der Waals surface area contributed by atoms with Gasteiger partial charge < -0.3 is 5.11 Å². The fourth-order valence-corrected chi connectivity index (χ4v) is 8.46. The van der Waals surface area contributed by atoms with Crippen molar-refractivity contribution in [1.29, 1.82) is 0 Å². The quantitative estimate of drug-likeness (QED) is 0.166. The first-order valence-corrected chi connectivity index (χ1v) is 21.9. The fraction of sp³-hybridized carbons (Fsp3) is 0.186. The molecule has 0 aliphatic heterocycles. The number of hydrogen-bond acceptors (Lipinski definition) is 3. The first-order valence-electron chi connectivity index (χ1n) is 22.4. The summed E-state index contributed by atoms with van der Waals surface area (Å²) in [7, 11) is 0. The second-order valence-corrected chi connectivity index (χ2v) is 18.9. The standard InChI is InChI=1S/C59H55N3O/c1-38(2)43-27-30-53(51(36-43)42-25-28-47(29-26-42)58(3,4)5)62-54-19-14-18-49(56(54)61-57(62)50-17-12-13-20-55(50)63)45-33-46(35-48(34-45)59(6,7)8)52-37-44(31-32-60-52)41-23-21-40(22-24-41)39-15-10-9-11-16-39/h9-38,63H,1-8H3/i38D. The molecule has 312 valence electrons. The van der Waals surface area contributed by atoms with E-state index in [2.05, 4.69) is 186 Å². The van der Waals surface area contributed by atoms with E-state index in [1.165, 1.54) is 22.3 Å². The SMILES string of the molecule is [2H]C(C)(C)c1ccc(-n2c(-c3ccccc3O)nc3c(-c4cc(-c5cc(-c6ccc(-c7ccccc7)cc6)ccn5)cc(C(C)(C)C)c4)cccc32)c(-c2ccc(C(C)(C)C)cc2)c1. The molecular weight excluding hydrogens is 767 g/mol. The summed E-state index contributed by atoms with van der Waals surface area (Å²) in [6.45, 7) is 17.3. The smallest absolute Gasteiger partial charge is 0.149 e. The van der Waals surface area contributed by atoms with Gasteiger partial charge in [0.25, 0.3) is 0 Å².